The van der Waals surface area contributed by atoms with Crippen LogP contribution < -0.4 is 5.32 Å². The topological polar surface area (TPSA) is 77.8 Å². The van der Waals surface area contributed by atoms with Gasteiger partial charge >= 0.3 is 5.97 Å². The van der Waals surface area contributed by atoms with E-state index in [1.807, 2.05) is 55.6 Å². The van der Waals surface area contributed by atoms with Gasteiger partial charge in [-0.05, 0) is 24.6 Å². The summed E-state index contributed by atoms with van der Waals surface area (Å²) >= 11 is 1.40. The lowest BCUT2D eigenvalue weighted by molar-refractivity contribution is 0.0607. The van der Waals surface area contributed by atoms with E-state index >= 15 is 0 Å². The van der Waals surface area contributed by atoms with Gasteiger partial charge in [-0.25, -0.2) is 14.3 Å². The summed E-state index contributed by atoms with van der Waals surface area (Å²) in [5.41, 5.74) is 4.43. The van der Waals surface area contributed by atoms with E-state index in [9.17, 15) is 4.79 Å². The highest BCUT2D eigenvalue weighted by Crippen LogP contribution is 2.36. The fourth-order valence-corrected chi connectivity index (χ4v) is 4.26. The van der Waals surface area contributed by atoms with E-state index in [4.69, 9.17) is 9.47 Å². The third kappa shape index (κ3) is 4.05. The molecule has 0 amide bonds. The molecule has 0 fully saturated rings. The lowest BCUT2D eigenvalue weighted by atomic mass is 10.1. The maximum Gasteiger partial charge on any atom is 0.350 e. The first-order chi connectivity index (χ1) is 14.6. The van der Waals surface area contributed by atoms with Crippen molar-refractivity contribution in [2.45, 2.75) is 13.0 Å². The maximum absolute atomic E-state index is 12.2. The van der Waals surface area contributed by atoms with E-state index < -0.39 is 0 Å². The van der Waals surface area contributed by atoms with Crippen LogP contribution in [-0.2, 0) is 9.47 Å². The molecule has 4 rings (SSSR count). The Bertz CT molecular complexity index is 1130. The van der Waals surface area contributed by atoms with Crippen molar-refractivity contribution in [1.82, 2.24) is 14.6 Å². The second-order valence-corrected chi connectivity index (χ2v) is 7.93. The van der Waals surface area contributed by atoms with Gasteiger partial charge in [0.2, 0.25) is 0 Å². The number of carbonyl (C=O) groups excluding carboxylic acids is 1. The highest BCUT2D eigenvalue weighted by atomic mass is 32.1. The Morgan fingerprint density at radius 1 is 1.20 bits per heavy atom. The van der Waals surface area contributed by atoms with Gasteiger partial charge in [0.25, 0.3) is 0 Å². The van der Waals surface area contributed by atoms with Crippen LogP contribution in [0.5, 0.6) is 0 Å². The number of ether oxygens (including phenoxy) is 2. The van der Waals surface area contributed by atoms with Crippen LogP contribution >= 0.6 is 11.3 Å². The van der Waals surface area contributed by atoms with Gasteiger partial charge in [0.1, 0.15) is 4.88 Å². The molecule has 30 heavy (non-hydrogen) atoms. The van der Waals surface area contributed by atoms with Crippen LogP contribution in [0.4, 0.5) is 5.69 Å². The normalized spacial score (nSPS) is 12.1. The second-order valence-electron chi connectivity index (χ2n) is 6.88. The van der Waals surface area contributed by atoms with Crippen LogP contribution in [0, 0.1) is 0 Å². The quantitative estimate of drug-likeness (QED) is 0.446. The molecule has 4 aromatic rings. The van der Waals surface area contributed by atoms with Crippen LogP contribution in [0.3, 0.4) is 0 Å². The van der Waals surface area contributed by atoms with Gasteiger partial charge in [-0.3, -0.25) is 0 Å². The average Bonchev–Trinajstić information content (AvgIpc) is 3.38. The van der Waals surface area contributed by atoms with Gasteiger partial charge in [-0.15, -0.1) is 11.3 Å². The average molecular weight is 423 g/mol. The van der Waals surface area contributed by atoms with Gasteiger partial charge in [0.15, 0.2) is 5.65 Å². The molecule has 0 radical (unpaired) electrons. The molecule has 1 atom stereocenters. The van der Waals surface area contributed by atoms with E-state index in [0.717, 1.165) is 33.0 Å². The number of hydrogen-bond donors (Lipinski definition) is 1. The van der Waals surface area contributed by atoms with E-state index in [-0.39, 0.29) is 12.0 Å². The zero-order valence-electron chi connectivity index (χ0n) is 17.0. The van der Waals surface area contributed by atoms with E-state index in [1.165, 1.54) is 18.4 Å². The third-order valence-electron chi connectivity index (χ3n) is 4.62. The molecule has 8 heteroatoms. The number of nitrogens with one attached hydrogen (secondary N) is 1. The van der Waals surface area contributed by atoms with Crippen molar-refractivity contribution in [3.05, 3.63) is 59.7 Å². The Kier molecular flexibility index (Phi) is 5.78. The molecular formula is C22H22N4O3S. The van der Waals surface area contributed by atoms with Gasteiger partial charge in [-0.1, -0.05) is 24.3 Å². The molecule has 0 aliphatic carbocycles. The summed E-state index contributed by atoms with van der Waals surface area (Å²) in [5.74, 6) is -0.354. The van der Waals surface area contributed by atoms with E-state index in [2.05, 4.69) is 15.4 Å². The Labute approximate surface area is 178 Å². The lowest BCUT2D eigenvalue weighted by Gasteiger charge is -2.13. The van der Waals surface area contributed by atoms with Gasteiger partial charge in [0, 0.05) is 42.1 Å². The number of benzene rings is 1. The number of rotatable bonds is 7. The van der Waals surface area contributed by atoms with Crippen LogP contribution in [0.15, 0.2) is 54.9 Å². The molecular weight excluding hydrogens is 400 g/mol. The zero-order valence-corrected chi connectivity index (χ0v) is 17.8. The summed E-state index contributed by atoms with van der Waals surface area (Å²) in [7, 11) is 3.04. The van der Waals surface area contributed by atoms with Crippen molar-refractivity contribution in [3.63, 3.8) is 0 Å². The predicted octanol–water partition coefficient (Wildman–Crippen LogP) is 4.36. The van der Waals surface area contributed by atoms with Crippen molar-refractivity contribution in [2.75, 3.05) is 26.1 Å². The molecule has 1 N–H and O–H groups in total. The highest BCUT2D eigenvalue weighted by Gasteiger charge is 2.19. The molecule has 1 unspecified atom stereocenters. The van der Waals surface area contributed by atoms with Crippen molar-refractivity contribution in [3.8, 4) is 21.7 Å². The van der Waals surface area contributed by atoms with Crippen LogP contribution in [-0.4, -0.2) is 47.4 Å². The molecule has 0 saturated heterocycles. The Morgan fingerprint density at radius 2 is 1.97 bits per heavy atom. The first-order valence-corrected chi connectivity index (χ1v) is 10.3. The zero-order chi connectivity index (χ0) is 21.1. The number of esters is 1. The van der Waals surface area contributed by atoms with E-state index in [0.29, 0.717) is 11.5 Å². The number of hydrogen-bond acceptors (Lipinski definition) is 7. The number of methoxy groups -OCH3 is 2. The maximum atomic E-state index is 12.2. The first-order valence-electron chi connectivity index (χ1n) is 9.48. The number of fused-ring (bicyclic) bond motifs is 1. The summed E-state index contributed by atoms with van der Waals surface area (Å²) in [6.07, 6.45) is 3.62. The standard InChI is InChI=1S/C22H22N4O3S/c1-14(13-28-2)24-18-11-19(30-21(18)22(27)29-3)16-7-5-15(6-8-16)17-12-20-23-9-4-10-26(20)25-17/h4-12,14,24H,13H2,1-3H3. The Morgan fingerprint density at radius 3 is 2.67 bits per heavy atom. The number of aromatic nitrogens is 3. The predicted molar refractivity (Wildman–Crippen MR) is 118 cm³/mol. The molecule has 0 spiro atoms. The molecule has 7 nitrogen and oxygen atoms in total. The van der Waals surface area contributed by atoms with E-state index in [1.54, 1.807) is 17.8 Å². The molecule has 3 aromatic heterocycles. The largest absolute Gasteiger partial charge is 0.465 e. The third-order valence-corrected chi connectivity index (χ3v) is 5.79. The van der Waals surface area contributed by atoms with Crippen molar-refractivity contribution in [1.29, 1.82) is 0 Å². The Hall–Kier alpha value is -3.23. The second kappa shape index (κ2) is 8.64. The molecule has 0 bridgehead atoms. The van der Waals surface area contributed by atoms with Gasteiger partial charge < -0.3 is 14.8 Å². The van der Waals surface area contributed by atoms with Crippen LogP contribution in [0.2, 0.25) is 0 Å². The first kappa shape index (κ1) is 20.1. The minimum Gasteiger partial charge on any atom is -0.465 e. The molecule has 154 valence electrons. The summed E-state index contributed by atoms with van der Waals surface area (Å²) in [4.78, 5) is 18.1. The van der Waals surface area contributed by atoms with Gasteiger partial charge in [-0.2, -0.15) is 5.10 Å². The number of anilines is 1. The smallest absolute Gasteiger partial charge is 0.350 e. The molecule has 1 aromatic carbocycles. The fraction of sp³-hybridized carbons (Fsp3) is 0.227. The molecule has 0 aliphatic heterocycles. The van der Waals surface area contributed by atoms with Gasteiger partial charge in [0.05, 0.1) is 25.1 Å². The summed E-state index contributed by atoms with van der Waals surface area (Å²) in [5, 5.41) is 7.90. The molecule has 0 aliphatic rings. The Balaban J connectivity index is 1.63. The lowest BCUT2D eigenvalue weighted by Crippen LogP contribution is -2.21. The molecule has 0 saturated carbocycles. The van der Waals surface area contributed by atoms with Crippen molar-refractivity contribution in [2.24, 2.45) is 0 Å². The summed E-state index contributed by atoms with van der Waals surface area (Å²) in [6.45, 7) is 2.54. The number of carbonyl (C=O) groups is 1. The minimum atomic E-state index is -0.354. The monoisotopic (exact) mass is 422 g/mol. The highest BCUT2D eigenvalue weighted by molar-refractivity contribution is 7.18. The summed E-state index contributed by atoms with van der Waals surface area (Å²) in [6, 6.07) is 13.9. The molecule has 3 heterocycles. The van der Waals surface area contributed by atoms with Crippen molar-refractivity contribution < 1.29 is 14.3 Å². The van der Waals surface area contributed by atoms with Crippen molar-refractivity contribution >= 4 is 28.6 Å². The SMILES string of the molecule is COCC(C)Nc1cc(-c2ccc(-c3cc4ncccn4n3)cc2)sc1C(=O)OC. The van der Waals surface area contributed by atoms with Crippen LogP contribution in [0.25, 0.3) is 27.3 Å². The fourth-order valence-electron chi connectivity index (χ4n) is 3.22. The van der Waals surface area contributed by atoms with Crippen LogP contribution in [0.1, 0.15) is 16.6 Å². The number of nitrogens with zero attached hydrogens (tertiary/aromatic N) is 3. The summed E-state index contributed by atoms with van der Waals surface area (Å²) < 4.78 is 11.9. The minimum absolute atomic E-state index is 0.0619. The number of thiophene rings is 1.